The Balaban J connectivity index is 2.39. The third-order valence-electron chi connectivity index (χ3n) is 4.48. The molecule has 3 atom stereocenters. The maximum Gasteiger partial charge on any atom is 0.331 e. The van der Waals surface area contributed by atoms with Crippen LogP contribution < -0.4 is 11.2 Å². The fraction of sp³-hybridized carbons (Fsp3) is 0.688. The first kappa shape index (κ1) is 20.7. The van der Waals surface area contributed by atoms with E-state index in [-0.39, 0.29) is 26.2 Å². The zero-order valence-electron chi connectivity index (χ0n) is 14.9. The lowest BCUT2D eigenvalue weighted by Gasteiger charge is -2.33. The van der Waals surface area contributed by atoms with Crippen LogP contribution in [0.1, 0.15) is 12.1 Å². The van der Waals surface area contributed by atoms with E-state index in [2.05, 4.69) is 0 Å². The largest absolute Gasteiger partial charge is 0.480 e. The summed E-state index contributed by atoms with van der Waals surface area (Å²) < 4.78 is 2.20. The smallest absolute Gasteiger partial charge is 0.331 e. The van der Waals surface area contributed by atoms with E-state index < -0.39 is 35.5 Å². The fourth-order valence-electron chi connectivity index (χ4n) is 3.21. The van der Waals surface area contributed by atoms with E-state index in [1.54, 1.807) is 6.92 Å². The van der Waals surface area contributed by atoms with Gasteiger partial charge in [0.15, 0.2) is 0 Å². The lowest BCUT2D eigenvalue weighted by atomic mass is 10.1. The van der Waals surface area contributed by atoms with Gasteiger partial charge in [-0.3, -0.25) is 23.6 Å². The summed E-state index contributed by atoms with van der Waals surface area (Å²) in [6.07, 6.45) is 0.108. The third-order valence-corrected chi connectivity index (χ3v) is 5.13. The van der Waals surface area contributed by atoms with E-state index in [1.807, 2.05) is 6.26 Å². The van der Waals surface area contributed by atoms with E-state index >= 15 is 0 Å². The minimum atomic E-state index is -1.11. The van der Waals surface area contributed by atoms with Crippen molar-refractivity contribution in [3.8, 4) is 0 Å². The molecule has 9 nitrogen and oxygen atoms in total. The Bertz CT molecular complexity index is 761. The first-order valence-corrected chi connectivity index (χ1v) is 9.77. The van der Waals surface area contributed by atoms with Crippen molar-refractivity contribution in [1.82, 2.24) is 14.0 Å². The highest BCUT2D eigenvalue weighted by molar-refractivity contribution is 7.98. The Morgan fingerprint density at radius 3 is 2.31 bits per heavy atom. The molecule has 1 aromatic rings. The first-order valence-electron chi connectivity index (χ1n) is 8.37. The van der Waals surface area contributed by atoms with Crippen LogP contribution in [0, 0.1) is 6.92 Å². The summed E-state index contributed by atoms with van der Waals surface area (Å²) in [5, 5.41) is 30.3. The molecule has 1 aromatic heterocycles. The molecule has 0 saturated heterocycles. The molecule has 3 N–H and O–H groups in total. The molecule has 0 aromatic carbocycles. The second-order valence-corrected chi connectivity index (χ2v) is 7.51. The number of fused-ring (bicyclic) bond motifs is 2. The monoisotopic (exact) mass is 387 g/mol. The van der Waals surface area contributed by atoms with E-state index in [4.69, 9.17) is 0 Å². The van der Waals surface area contributed by atoms with E-state index in [0.29, 0.717) is 17.9 Å². The minimum absolute atomic E-state index is 0.00736. The lowest BCUT2D eigenvalue weighted by Crippen LogP contribution is -2.53. The van der Waals surface area contributed by atoms with Crippen molar-refractivity contribution in [3.05, 3.63) is 32.6 Å². The number of carbonyl (C=O) groups is 1. The van der Waals surface area contributed by atoms with Crippen molar-refractivity contribution < 1.29 is 20.1 Å². The second-order valence-electron chi connectivity index (χ2n) is 6.52. The summed E-state index contributed by atoms with van der Waals surface area (Å²) >= 11 is 1.52. The number of aryl methyl sites for hydroxylation is 1. The number of hydrogen-bond donors (Lipinski definition) is 3. The Hall–Kier alpha value is -1.62. The van der Waals surface area contributed by atoms with Crippen molar-refractivity contribution in [2.24, 2.45) is 0 Å². The molecule has 10 heteroatoms. The molecule has 3 unspecified atom stereocenters. The molecule has 26 heavy (non-hydrogen) atoms. The van der Waals surface area contributed by atoms with Gasteiger partial charge in [0.05, 0.1) is 25.3 Å². The Morgan fingerprint density at radius 2 is 1.77 bits per heavy atom. The summed E-state index contributed by atoms with van der Waals surface area (Å²) in [6, 6.07) is 0.428. The predicted molar refractivity (Wildman–Crippen MR) is 97.7 cm³/mol. The highest BCUT2D eigenvalue weighted by atomic mass is 32.2. The first-order chi connectivity index (χ1) is 12.2. The maximum atomic E-state index is 12.5. The standard InChI is InChI=1S/C16H25N3O6S/c1-10-5-14(22)19-9-12(21)7-17(13(15(23)24)3-4-26-2)6-11(20)8-18(10)16(19)25/h5,11-13,20-21H,3-4,6-9H2,1-2H3,(H,23,24). The Morgan fingerprint density at radius 1 is 1.19 bits per heavy atom. The van der Waals surface area contributed by atoms with Crippen LogP contribution in [0.4, 0.5) is 0 Å². The molecule has 0 saturated carbocycles. The summed E-state index contributed by atoms with van der Waals surface area (Å²) in [7, 11) is 0. The number of nitrogens with zero attached hydrogens (tertiary/aromatic N) is 3. The molecule has 2 heterocycles. The van der Waals surface area contributed by atoms with Gasteiger partial charge in [0.1, 0.15) is 6.04 Å². The number of β-amino-alcohol motifs (C(OH)–C–C–N with tert-alkyl or cyclic N) is 2. The zero-order valence-corrected chi connectivity index (χ0v) is 15.7. The molecule has 2 bridgehead atoms. The molecular weight excluding hydrogens is 362 g/mol. The van der Waals surface area contributed by atoms with Gasteiger partial charge in [0, 0.05) is 24.8 Å². The Kier molecular flexibility index (Phi) is 7.04. The third kappa shape index (κ3) is 4.76. The van der Waals surface area contributed by atoms with Gasteiger partial charge < -0.3 is 15.3 Å². The molecule has 0 fully saturated rings. The van der Waals surface area contributed by atoms with Crippen LogP contribution in [-0.2, 0) is 17.9 Å². The van der Waals surface area contributed by atoms with Crippen molar-refractivity contribution in [3.63, 3.8) is 0 Å². The van der Waals surface area contributed by atoms with Gasteiger partial charge in [-0.2, -0.15) is 11.8 Å². The van der Waals surface area contributed by atoms with Gasteiger partial charge in [-0.1, -0.05) is 0 Å². The summed E-state index contributed by atoms with van der Waals surface area (Å²) in [6.45, 7) is 1.28. The molecule has 0 amide bonds. The van der Waals surface area contributed by atoms with Crippen LogP contribution in [0.3, 0.4) is 0 Å². The average molecular weight is 387 g/mol. The van der Waals surface area contributed by atoms with Crippen molar-refractivity contribution in [2.75, 3.05) is 25.1 Å². The topological polar surface area (TPSA) is 125 Å². The lowest BCUT2D eigenvalue weighted by molar-refractivity contribution is -0.144. The minimum Gasteiger partial charge on any atom is -0.480 e. The summed E-state index contributed by atoms with van der Waals surface area (Å²) in [4.78, 5) is 37.8. The number of carboxylic acids is 1. The van der Waals surface area contributed by atoms with Crippen LogP contribution in [0.25, 0.3) is 0 Å². The quantitative estimate of drug-likeness (QED) is 0.561. The fourth-order valence-corrected chi connectivity index (χ4v) is 3.67. The maximum absolute atomic E-state index is 12.5. The highest BCUT2D eigenvalue weighted by Gasteiger charge is 2.30. The van der Waals surface area contributed by atoms with Crippen LogP contribution >= 0.6 is 11.8 Å². The number of thioether (sulfide) groups is 1. The molecule has 1 aliphatic rings. The molecule has 146 valence electrons. The molecular formula is C16H25N3O6S. The Labute approximate surface area is 154 Å². The number of carboxylic acid groups (broad SMARTS) is 1. The highest BCUT2D eigenvalue weighted by Crippen LogP contribution is 2.13. The molecule has 0 spiro atoms. The number of aliphatic carboxylic acids is 1. The number of aliphatic hydroxyl groups excluding tert-OH is 2. The molecule has 1 aliphatic heterocycles. The van der Waals surface area contributed by atoms with Gasteiger partial charge in [-0.05, 0) is 25.4 Å². The summed E-state index contributed by atoms with van der Waals surface area (Å²) in [5.41, 5.74) is -0.700. The molecule has 2 rings (SSSR count). The zero-order chi connectivity index (χ0) is 19.4. The SMILES string of the molecule is CSCCC(C(=O)O)N1CC(O)Cn2c(C)cc(=O)n(c2=O)CC(O)C1. The number of hydrogen-bond acceptors (Lipinski definition) is 7. The van der Waals surface area contributed by atoms with Gasteiger partial charge >= 0.3 is 11.7 Å². The van der Waals surface area contributed by atoms with E-state index in [9.17, 15) is 29.7 Å². The van der Waals surface area contributed by atoms with Gasteiger partial charge in [-0.25, -0.2) is 4.79 Å². The second kappa shape index (κ2) is 8.85. The molecule has 0 aliphatic carbocycles. The number of rotatable bonds is 5. The van der Waals surface area contributed by atoms with Crippen molar-refractivity contribution >= 4 is 17.7 Å². The van der Waals surface area contributed by atoms with Crippen molar-refractivity contribution in [1.29, 1.82) is 0 Å². The summed E-state index contributed by atoms with van der Waals surface area (Å²) in [5.74, 6) is -0.406. The van der Waals surface area contributed by atoms with Crippen molar-refractivity contribution in [2.45, 2.75) is 44.7 Å². The number of aliphatic hydroxyl groups is 2. The van der Waals surface area contributed by atoms with Gasteiger partial charge in [0.25, 0.3) is 5.56 Å². The van der Waals surface area contributed by atoms with E-state index in [0.717, 1.165) is 4.57 Å². The van der Waals surface area contributed by atoms with E-state index in [1.165, 1.54) is 27.3 Å². The number of aromatic nitrogens is 2. The van der Waals surface area contributed by atoms with Crippen LogP contribution in [0.15, 0.2) is 15.7 Å². The normalized spacial score (nSPS) is 22.8. The molecule has 0 radical (unpaired) electrons. The van der Waals surface area contributed by atoms with Gasteiger partial charge in [0.2, 0.25) is 0 Å². The van der Waals surface area contributed by atoms with Crippen LogP contribution in [0.2, 0.25) is 0 Å². The van der Waals surface area contributed by atoms with Crippen LogP contribution in [-0.4, -0.2) is 78.7 Å². The predicted octanol–water partition coefficient (Wildman–Crippen LogP) is -1.44. The van der Waals surface area contributed by atoms with Gasteiger partial charge in [-0.15, -0.1) is 0 Å². The average Bonchev–Trinajstić information content (AvgIpc) is 2.54. The van der Waals surface area contributed by atoms with Crippen LogP contribution in [0.5, 0.6) is 0 Å².